The van der Waals surface area contributed by atoms with Crippen LogP contribution in [0.25, 0.3) is 10.9 Å². The van der Waals surface area contributed by atoms with Crippen LogP contribution in [0.3, 0.4) is 0 Å². The Labute approximate surface area is 244 Å². The molecule has 0 aliphatic heterocycles. The maximum atomic E-state index is 12.9. The van der Waals surface area contributed by atoms with Crippen molar-refractivity contribution >= 4 is 49.9 Å². The van der Waals surface area contributed by atoms with E-state index >= 15 is 0 Å². The van der Waals surface area contributed by atoms with E-state index in [4.69, 9.17) is 15.5 Å². The topological polar surface area (TPSA) is 155 Å². The van der Waals surface area contributed by atoms with Crippen molar-refractivity contribution in [3.8, 4) is 5.88 Å². The molecular formula is C31H34N4O6S. The smallest absolute Gasteiger partial charge is 0.338 e. The number of primary amides is 1. The van der Waals surface area contributed by atoms with Gasteiger partial charge in [-0.05, 0) is 56.2 Å². The van der Waals surface area contributed by atoms with Gasteiger partial charge < -0.3 is 20.6 Å². The highest BCUT2D eigenvalue weighted by Gasteiger charge is 2.44. The van der Waals surface area contributed by atoms with Gasteiger partial charge in [0, 0.05) is 16.5 Å². The Morgan fingerprint density at radius 2 is 1.62 bits per heavy atom. The molecule has 1 aromatic heterocycles. The molecule has 0 bridgehead atoms. The number of amides is 1. The van der Waals surface area contributed by atoms with Gasteiger partial charge in [0.25, 0.3) is 0 Å². The first-order valence-corrected chi connectivity index (χ1v) is 15.4. The summed E-state index contributed by atoms with van der Waals surface area (Å²) in [6, 6.07) is 20.7. The van der Waals surface area contributed by atoms with Crippen LogP contribution in [-0.2, 0) is 19.6 Å². The molecule has 0 radical (unpaired) electrons. The average molecular weight is 591 g/mol. The van der Waals surface area contributed by atoms with E-state index in [-0.39, 0.29) is 31.0 Å². The van der Waals surface area contributed by atoms with Crippen molar-refractivity contribution in [1.82, 2.24) is 4.98 Å². The molecule has 4 N–H and O–H groups in total. The largest absolute Gasteiger partial charge is 0.494 e. The molecular weight excluding hydrogens is 556 g/mol. The summed E-state index contributed by atoms with van der Waals surface area (Å²) < 4.78 is 32.0. The zero-order valence-electron chi connectivity index (χ0n) is 23.9. The number of hydrogen-bond acceptors (Lipinski definition) is 7. The summed E-state index contributed by atoms with van der Waals surface area (Å²) in [4.78, 5) is 32.6. The zero-order chi connectivity index (χ0) is 30.7. The second-order valence-electron chi connectivity index (χ2n) is 9.80. The van der Waals surface area contributed by atoms with Gasteiger partial charge in [0.2, 0.25) is 15.9 Å². The predicted octanol–water partition coefficient (Wildman–Crippen LogP) is 5.03. The normalized spacial score (nSPS) is 12.3. The number of aromatic nitrogens is 1. The number of carbonyl (C=O) groups is 2. The van der Waals surface area contributed by atoms with Gasteiger partial charge in [-0.15, -0.1) is 0 Å². The molecule has 0 saturated heterocycles. The van der Waals surface area contributed by atoms with Crippen LogP contribution in [0.5, 0.6) is 5.88 Å². The number of nitrogens with zero attached hydrogens (tertiary/aromatic N) is 2. The van der Waals surface area contributed by atoms with E-state index in [1.807, 2.05) is 30.3 Å². The van der Waals surface area contributed by atoms with Gasteiger partial charge in [0.15, 0.2) is 5.88 Å². The Kier molecular flexibility index (Phi) is 8.72. The van der Waals surface area contributed by atoms with Crippen molar-refractivity contribution in [3.05, 3.63) is 89.5 Å². The van der Waals surface area contributed by atoms with Crippen molar-refractivity contribution < 1.29 is 27.9 Å². The molecule has 0 unspecified atom stereocenters. The highest BCUT2D eigenvalue weighted by molar-refractivity contribution is 7.92. The summed E-state index contributed by atoms with van der Waals surface area (Å²) in [6.07, 6.45) is 1.44. The third-order valence-corrected chi connectivity index (χ3v) is 8.47. The highest BCUT2D eigenvalue weighted by Crippen LogP contribution is 2.35. The summed E-state index contributed by atoms with van der Waals surface area (Å²) in [5, 5.41) is 11.6. The standard InChI is InChI=1S/C31H34N4O6S/c1-5-31(6-2,30(32)38)35(42(4,39)40)23-16-14-22(15-17-23)33-27(20-11-9-8-10-12-20)26-24-18-13-21(29(37)41-7-3)19-25(24)34-28(26)36/h8-19,34,36H,5-7H2,1-4H3,(H2,32,38). The second kappa shape index (κ2) is 12.1. The number of nitrogens with one attached hydrogen (secondary N) is 1. The molecule has 0 atom stereocenters. The molecule has 42 heavy (non-hydrogen) atoms. The molecule has 3 aromatic carbocycles. The fourth-order valence-corrected chi connectivity index (χ4v) is 6.65. The van der Waals surface area contributed by atoms with E-state index in [9.17, 15) is 23.1 Å². The Hall–Kier alpha value is -4.64. The molecule has 220 valence electrons. The van der Waals surface area contributed by atoms with Crippen LogP contribution >= 0.6 is 0 Å². The minimum absolute atomic E-state index is 0.134. The number of aromatic hydroxyl groups is 1. The molecule has 11 heteroatoms. The van der Waals surface area contributed by atoms with Gasteiger partial charge in [0.05, 0.1) is 41.1 Å². The molecule has 0 fully saturated rings. The van der Waals surface area contributed by atoms with Crippen LogP contribution in [0, 0.1) is 0 Å². The van der Waals surface area contributed by atoms with Crippen molar-refractivity contribution in [3.63, 3.8) is 0 Å². The van der Waals surface area contributed by atoms with Gasteiger partial charge in [-0.1, -0.05) is 50.2 Å². The number of H-pyrrole nitrogens is 1. The Morgan fingerprint density at radius 1 is 0.976 bits per heavy atom. The summed E-state index contributed by atoms with van der Waals surface area (Å²) in [5.74, 6) is -1.33. The van der Waals surface area contributed by atoms with E-state index in [1.54, 1.807) is 63.2 Å². The quantitative estimate of drug-likeness (QED) is 0.164. The number of aromatic amines is 1. The second-order valence-corrected chi connectivity index (χ2v) is 11.6. The van der Waals surface area contributed by atoms with E-state index in [0.717, 1.165) is 16.1 Å². The minimum Gasteiger partial charge on any atom is -0.494 e. The van der Waals surface area contributed by atoms with Gasteiger partial charge >= 0.3 is 5.97 Å². The first-order chi connectivity index (χ1) is 20.0. The Morgan fingerprint density at radius 3 is 2.17 bits per heavy atom. The molecule has 0 aliphatic rings. The van der Waals surface area contributed by atoms with Gasteiger partial charge in [-0.2, -0.15) is 0 Å². The van der Waals surface area contributed by atoms with E-state index in [2.05, 4.69) is 4.98 Å². The van der Waals surface area contributed by atoms with Crippen molar-refractivity contribution in [1.29, 1.82) is 0 Å². The third-order valence-electron chi connectivity index (χ3n) is 7.25. The lowest BCUT2D eigenvalue weighted by molar-refractivity contribution is -0.123. The van der Waals surface area contributed by atoms with Gasteiger partial charge in [-0.3, -0.25) is 9.10 Å². The summed E-state index contributed by atoms with van der Waals surface area (Å²) >= 11 is 0. The molecule has 1 amide bonds. The molecule has 4 rings (SSSR count). The number of sulfonamides is 1. The lowest BCUT2D eigenvalue weighted by Crippen LogP contribution is -2.59. The number of ether oxygens (including phenoxy) is 1. The van der Waals surface area contributed by atoms with E-state index in [0.29, 0.717) is 33.4 Å². The van der Waals surface area contributed by atoms with Crippen LogP contribution < -0.4 is 10.0 Å². The fraction of sp³-hybridized carbons (Fsp3) is 0.258. The predicted molar refractivity (Wildman–Crippen MR) is 164 cm³/mol. The monoisotopic (exact) mass is 590 g/mol. The first-order valence-electron chi connectivity index (χ1n) is 13.5. The Bertz CT molecular complexity index is 1740. The van der Waals surface area contributed by atoms with Gasteiger partial charge in [-0.25, -0.2) is 18.2 Å². The van der Waals surface area contributed by atoms with Crippen molar-refractivity contribution in [2.75, 3.05) is 17.2 Å². The first kappa shape index (κ1) is 30.3. The number of fused-ring (bicyclic) bond motifs is 1. The molecule has 0 saturated carbocycles. The highest BCUT2D eigenvalue weighted by atomic mass is 32.2. The van der Waals surface area contributed by atoms with Crippen molar-refractivity contribution in [2.45, 2.75) is 39.2 Å². The number of benzene rings is 3. The lowest BCUT2D eigenvalue weighted by atomic mass is 9.91. The summed E-state index contributed by atoms with van der Waals surface area (Å²) in [7, 11) is -3.88. The van der Waals surface area contributed by atoms with Crippen LogP contribution in [0.4, 0.5) is 11.4 Å². The minimum atomic E-state index is -3.88. The number of carbonyl (C=O) groups excluding carboxylic acids is 2. The SMILES string of the molecule is CCOC(=O)c1ccc2c(C(=Nc3ccc(N(C(CC)(CC)C(N)=O)S(C)(=O)=O)cc3)c3ccccc3)c(O)[nH]c2c1. The average Bonchev–Trinajstić information content (AvgIpc) is 3.29. The summed E-state index contributed by atoms with van der Waals surface area (Å²) in [6.45, 7) is 5.41. The number of rotatable bonds is 11. The summed E-state index contributed by atoms with van der Waals surface area (Å²) in [5.41, 5.74) is 7.51. The Balaban J connectivity index is 1.85. The van der Waals surface area contributed by atoms with Crippen LogP contribution in [0.2, 0.25) is 0 Å². The van der Waals surface area contributed by atoms with Gasteiger partial charge in [0.1, 0.15) is 5.54 Å². The number of esters is 1. The van der Waals surface area contributed by atoms with Crippen LogP contribution in [0.15, 0.2) is 77.8 Å². The lowest BCUT2D eigenvalue weighted by Gasteiger charge is -2.40. The van der Waals surface area contributed by atoms with Crippen LogP contribution in [0.1, 0.15) is 55.1 Å². The molecule has 0 aliphatic carbocycles. The molecule has 1 heterocycles. The number of hydrogen-bond donors (Lipinski definition) is 3. The third kappa shape index (κ3) is 5.73. The fourth-order valence-electron chi connectivity index (χ4n) is 5.16. The molecule has 4 aromatic rings. The van der Waals surface area contributed by atoms with E-state index in [1.165, 1.54) is 0 Å². The molecule has 0 spiro atoms. The number of nitrogens with two attached hydrogens (primary N) is 1. The zero-order valence-corrected chi connectivity index (χ0v) is 24.7. The number of anilines is 1. The van der Waals surface area contributed by atoms with E-state index < -0.39 is 27.4 Å². The van der Waals surface area contributed by atoms with Crippen LogP contribution in [-0.4, -0.2) is 54.5 Å². The number of aliphatic imine (C=N–C) groups is 1. The maximum Gasteiger partial charge on any atom is 0.338 e. The maximum absolute atomic E-state index is 12.9. The van der Waals surface area contributed by atoms with Crippen molar-refractivity contribution in [2.24, 2.45) is 10.7 Å². The molecule has 10 nitrogen and oxygen atoms in total.